The topological polar surface area (TPSA) is 80.9 Å². The van der Waals surface area contributed by atoms with E-state index >= 15 is 0 Å². The quantitative estimate of drug-likeness (QED) is 0.291. The number of rotatable bonds is 0. The van der Waals surface area contributed by atoms with E-state index < -0.39 is 9.05 Å². The maximum absolute atomic E-state index is 7.33. The molecule has 0 aliphatic rings. The zero-order valence-corrected chi connectivity index (χ0v) is 10.1. The van der Waals surface area contributed by atoms with Crippen LogP contribution in [0, 0.1) is 0 Å². The van der Waals surface area contributed by atoms with Crippen molar-refractivity contribution in [2.75, 3.05) is 0 Å². The molecule has 0 aromatic carbocycles. The SMILES string of the molecule is O[Si](O)(O)O.[H-].[H-].[H-].[Li+].[Mg+2].[Zn]. The van der Waals surface area contributed by atoms with Gasteiger partial charge in [-0.25, -0.2) is 0 Å². The summed E-state index contributed by atoms with van der Waals surface area (Å²) in [6.45, 7) is 0. The summed E-state index contributed by atoms with van der Waals surface area (Å²) in [4.78, 5) is 29.3. The molecule has 0 amide bonds. The Bertz CT molecular complexity index is 40.8. The first kappa shape index (κ1) is 22.5. The summed E-state index contributed by atoms with van der Waals surface area (Å²) in [6.07, 6.45) is 0. The maximum Gasteiger partial charge on any atom is 2.00 e. The van der Waals surface area contributed by atoms with Gasteiger partial charge in [-0.2, -0.15) is 0 Å². The molecular formula is H7LiMgO4SiZn. The second-order valence-corrected chi connectivity index (χ2v) is 1.80. The van der Waals surface area contributed by atoms with E-state index in [2.05, 4.69) is 0 Å². The average Bonchev–Trinajstić information content (AvgIpc) is 0.722. The van der Waals surface area contributed by atoms with E-state index in [-0.39, 0.29) is 65.7 Å². The first-order valence-corrected chi connectivity index (χ1v) is 2.68. The molecule has 0 spiro atoms. The predicted molar refractivity (Wildman–Crippen MR) is 23.7 cm³/mol. The van der Waals surface area contributed by atoms with Crippen LogP contribution in [0.4, 0.5) is 0 Å². The van der Waals surface area contributed by atoms with Crippen LogP contribution < -0.4 is 18.9 Å². The number of hydrogen-bond donors (Lipinski definition) is 4. The van der Waals surface area contributed by atoms with E-state index in [0.717, 1.165) is 0 Å². The van der Waals surface area contributed by atoms with Gasteiger partial charge in [-0.15, -0.1) is 0 Å². The zero-order valence-electron chi connectivity index (χ0n) is 7.70. The Labute approximate surface area is 93.3 Å². The summed E-state index contributed by atoms with van der Waals surface area (Å²) in [5, 5.41) is 0. The van der Waals surface area contributed by atoms with E-state index in [4.69, 9.17) is 19.2 Å². The zero-order chi connectivity index (χ0) is 4.50. The van der Waals surface area contributed by atoms with Gasteiger partial charge in [-0.05, 0) is 0 Å². The van der Waals surface area contributed by atoms with Gasteiger partial charge in [0.2, 0.25) is 0 Å². The fourth-order valence-corrected chi connectivity index (χ4v) is 0. The molecule has 4 nitrogen and oxygen atoms in total. The van der Waals surface area contributed by atoms with E-state index in [1.807, 2.05) is 0 Å². The van der Waals surface area contributed by atoms with Gasteiger partial charge in [0.25, 0.3) is 0 Å². The molecule has 0 fully saturated rings. The average molecular weight is 196 g/mol. The molecule has 8 heavy (non-hydrogen) atoms. The van der Waals surface area contributed by atoms with Crippen molar-refractivity contribution in [2.45, 2.75) is 0 Å². The van der Waals surface area contributed by atoms with Crippen molar-refractivity contribution in [2.24, 2.45) is 0 Å². The molecule has 0 aromatic rings. The molecule has 40 valence electrons. The van der Waals surface area contributed by atoms with Crippen LogP contribution in [0.25, 0.3) is 0 Å². The third-order valence-corrected chi connectivity index (χ3v) is 0. The molecule has 0 rings (SSSR count). The molecule has 0 heterocycles. The van der Waals surface area contributed by atoms with Crippen molar-refractivity contribution in [3.8, 4) is 0 Å². The van der Waals surface area contributed by atoms with Crippen molar-refractivity contribution in [1.29, 1.82) is 0 Å². The van der Waals surface area contributed by atoms with Gasteiger partial charge in [0.15, 0.2) is 0 Å². The van der Waals surface area contributed by atoms with Crippen molar-refractivity contribution >= 4 is 32.1 Å². The first-order chi connectivity index (χ1) is 2.00. The van der Waals surface area contributed by atoms with Crippen molar-refractivity contribution in [3.63, 3.8) is 0 Å². The smallest absolute Gasteiger partial charge is 1.00 e. The summed E-state index contributed by atoms with van der Waals surface area (Å²) in [5.41, 5.74) is 0. The Morgan fingerprint density at radius 2 is 1.00 bits per heavy atom. The van der Waals surface area contributed by atoms with E-state index in [0.29, 0.717) is 0 Å². The summed E-state index contributed by atoms with van der Waals surface area (Å²) < 4.78 is 0. The van der Waals surface area contributed by atoms with Crippen LogP contribution in [0.3, 0.4) is 0 Å². The molecule has 0 aromatic heterocycles. The Balaban J connectivity index is -0.00000000533. The predicted octanol–water partition coefficient (Wildman–Crippen LogP) is -5.65. The third kappa shape index (κ3) is 95.5. The molecular weight excluding hydrogens is 189 g/mol. The Morgan fingerprint density at radius 3 is 1.00 bits per heavy atom. The Hall–Kier alpha value is 2.04. The van der Waals surface area contributed by atoms with Crippen LogP contribution in [-0.4, -0.2) is 51.3 Å². The monoisotopic (exact) mass is 194 g/mol. The molecule has 0 aliphatic carbocycles. The minimum absolute atomic E-state index is 0. The Morgan fingerprint density at radius 1 is 1.00 bits per heavy atom. The summed E-state index contributed by atoms with van der Waals surface area (Å²) in [7, 11) is -4.61. The fourth-order valence-electron chi connectivity index (χ4n) is 0. The molecule has 8 heteroatoms. The van der Waals surface area contributed by atoms with Crippen LogP contribution in [0.5, 0.6) is 0 Å². The number of hydrogen-bond acceptors (Lipinski definition) is 4. The molecule has 0 atom stereocenters. The van der Waals surface area contributed by atoms with Gasteiger partial charge in [-0.3, -0.25) is 0 Å². The Kier molecular flexibility index (Phi) is 25.4. The maximum atomic E-state index is 7.33. The summed E-state index contributed by atoms with van der Waals surface area (Å²) >= 11 is 0. The van der Waals surface area contributed by atoms with Gasteiger partial charge >= 0.3 is 51.0 Å². The standard InChI is InChI=1S/Li.Mg.H4O4Si.Zn.3H/c;;1-5(2,3)4;;;;/h;;1-4H;;;;/q+1;+2;;;3*-1. The van der Waals surface area contributed by atoms with Gasteiger partial charge in [0, 0.05) is 19.5 Å². The largest absolute Gasteiger partial charge is 2.00 e. The van der Waals surface area contributed by atoms with Crippen LogP contribution in [-0.2, 0) is 19.5 Å². The molecule has 0 aliphatic heterocycles. The van der Waals surface area contributed by atoms with Crippen molar-refractivity contribution in [3.05, 3.63) is 0 Å². The van der Waals surface area contributed by atoms with E-state index in [9.17, 15) is 0 Å². The second kappa shape index (κ2) is 9.04. The van der Waals surface area contributed by atoms with Gasteiger partial charge in [0.05, 0.1) is 0 Å². The van der Waals surface area contributed by atoms with Gasteiger partial charge in [-0.1, -0.05) is 0 Å². The van der Waals surface area contributed by atoms with Gasteiger partial charge in [0.1, 0.15) is 0 Å². The van der Waals surface area contributed by atoms with Crippen LogP contribution >= 0.6 is 0 Å². The van der Waals surface area contributed by atoms with Crippen LogP contribution in [0.15, 0.2) is 0 Å². The molecule has 0 saturated heterocycles. The molecule has 0 saturated carbocycles. The molecule has 0 bridgehead atoms. The van der Waals surface area contributed by atoms with Gasteiger partial charge < -0.3 is 23.5 Å². The fraction of sp³-hybridized carbons (Fsp3) is 0. The van der Waals surface area contributed by atoms with Crippen molar-refractivity contribution in [1.82, 2.24) is 0 Å². The molecule has 4 N–H and O–H groups in total. The molecule has 0 radical (unpaired) electrons. The summed E-state index contributed by atoms with van der Waals surface area (Å²) in [6, 6.07) is 0. The minimum Gasteiger partial charge on any atom is -1.00 e. The van der Waals surface area contributed by atoms with E-state index in [1.54, 1.807) is 0 Å². The second-order valence-electron chi connectivity index (χ2n) is 0.600. The van der Waals surface area contributed by atoms with Crippen molar-refractivity contribution < 1.29 is 61.8 Å². The van der Waals surface area contributed by atoms with Crippen LogP contribution in [0.1, 0.15) is 4.28 Å². The minimum atomic E-state index is -4.61. The third-order valence-electron chi connectivity index (χ3n) is 0. The van der Waals surface area contributed by atoms with E-state index in [1.165, 1.54) is 0 Å². The normalized spacial score (nSPS) is 7.50. The summed E-state index contributed by atoms with van der Waals surface area (Å²) in [5.74, 6) is 0. The van der Waals surface area contributed by atoms with Crippen LogP contribution in [0.2, 0.25) is 0 Å². The molecule has 0 unspecified atom stereocenters. The first-order valence-electron chi connectivity index (χ1n) is 0.894.